The van der Waals surface area contributed by atoms with Crippen LogP contribution >= 0.6 is 11.3 Å². The first-order chi connectivity index (χ1) is 11.8. The zero-order valence-corrected chi connectivity index (χ0v) is 15.7. The predicted molar refractivity (Wildman–Crippen MR) is 91.2 cm³/mol. The van der Waals surface area contributed by atoms with Crippen LogP contribution in [0.1, 0.15) is 13.8 Å². The Kier molecular flexibility index (Phi) is 4.13. The van der Waals surface area contributed by atoms with Crippen molar-refractivity contribution in [3.05, 3.63) is 24.3 Å². The molecule has 0 N–H and O–H groups in total. The molecule has 1 aromatic heterocycles. The fraction of sp³-hybridized carbons (Fsp3) is 0.562. The molecular formula is C16H19NO6S2. The second kappa shape index (κ2) is 5.97. The van der Waals surface area contributed by atoms with Crippen molar-refractivity contribution in [2.75, 3.05) is 12.9 Å². The third kappa shape index (κ3) is 3.09. The van der Waals surface area contributed by atoms with Crippen LogP contribution in [0, 0.1) is 0 Å². The summed E-state index contributed by atoms with van der Waals surface area (Å²) in [6, 6.07) is 7.34. The van der Waals surface area contributed by atoms with Gasteiger partial charge in [0.1, 0.15) is 18.3 Å². The zero-order chi connectivity index (χ0) is 17.8. The molecule has 2 saturated heterocycles. The van der Waals surface area contributed by atoms with Crippen LogP contribution in [0.5, 0.6) is 0 Å². The third-order valence-corrected chi connectivity index (χ3v) is 7.50. The molecule has 25 heavy (non-hydrogen) atoms. The maximum Gasteiger partial charge on any atom is 0.210 e. The number of benzene rings is 1. The number of methoxy groups -OCH3 is 1. The standard InChI is InChI=1S/C16H19NO6S2/c1-16(2)22-12-10(21-14(20-3)13(12)23-16)8-25(18,19)15-17-9-6-4-5-7-11(9)24-15/h4-7,10,12-14H,8H2,1-3H3/t10-,12?,13?,14-/m1/s1. The van der Waals surface area contributed by atoms with Crippen LogP contribution in [0.3, 0.4) is 0 Å². The van der Waals surface area contributed by atoms with Gasteiger partial charge in [0.25, 0.3) is 0 Å². The summed E-state index contributed by atoms with van der Waals surface area (Å²) in [5, 5.41) is 0. The first-order valence-electron chi connectivity index (χ1n) is 7.91. The summed E-state index contributed by atoms with van der Waals surface area (Å²) in [5.41, 5.74) is 0.674. The summed E-state index contributed by atoms with van der Waals surface area (Å²) in [4.78, 5) is 4.25. The molecule has 2 unspecified atom stereocenters. The normalized spacial score (nSPS) is 31.5. The minimum absolute atomic E-state index is 0.0906. The van der Waals surface area contributed by atoms with E-state index in [0.717, 1.165) is 16.0 Å². The lowest BCUT2D eigenvalue weighted by molar-refractivity contribution is -0.224. The van der Waals surface area contributed by atoms with Crippen molar-refractivity contribution in [1.82, 2.24) is 4.98 Å². The summed E-state index contributed by atoms with van der Waals surface area (Å²) < 4.78 is 49.2. The summed E-state index contributed by atoms with van der Waals surface area (Å²) in [6.07, 6.45) is -2.27. The molecule has 0 spiro atoms. The number of aromatic nitrogens is 1. The molecule has 3 heterocycles. The Labute approximate surface area is 149 Å². The first-order valence-corrected chi connectivity index (χ1v) is 10.4. The highest BCUT2D eigenvalue weighted by Gasteiger charge is 2.56. The summed E-state index contributed by atoms with van der Waals surface area (Å²) >= 11 is 1.16. The van der Waals surface area contributed by atoms with Crippen molar-refractivity contribution >= 4 is 31.4 Å². The van der Waals surface area contributed by atoms with E-state index < -0.39 is 40.2 Å². The fourth-order valence-electron chi connectivity index (χ4n) is 3.24. The van der Waals surface area contributed by atoms with E-state index in [2.05, 4.69) is 4.98 Å². The van der Waals surface area contributed by atoms with Crippen molar-refractivity contribution in [3.8, 4) is 0 Å². The molecule has 9 heteroatoms. The molecule has 4 rings (SSSR count). The van der Waals surface area contributed by atoms with Gasteiger partial charge < -0.3 is 18.9 Å². The van der Waals surface area contributed by atoms with E-state index >= 15 is 0 Å². The summed E-state index contributed by atoms with van der Waals surface area (Å²) in [6.45, 7) is 3.58. The van der Waals surface area contributed by atoms with E-state index in [1.807, 2.05) is 18.2 Å². The molecule has 2 fully saturated rings. The average Bonchev–Trinajstić information content (AvgIpc) is 3.19. The van der Waals surface area contributed by atoms with E-state index in [4.69, 9.17) is 18.9 Å². The number of hydrogen-bond donors (Lipinski definition) is 0. The lowest BCUT2D eigenvalue weighted by atomic mass is 10.2. The van der Waals surface area contributed by atoms with E-state index in [1.165, 1.54) is 7.11 Å². The molecule has 0 bridgehead atoms. The first kappa shape index (κ1) is 17.3. The highest BCUT2D eigenvalue weighted by molar-refractivity contribution is 7.93. The lowest BCUT2D eigenvalue weighted by Gasteiger charge is -2.23. The monoisotopic (exact) mass is 385 g/mol. The van der Waals surface area contributed by atoms with Gasteiger partial charge in [-0.2, -0.15) is 0 Å². The Morgan fingerprint density at radius 2 is 1.96 bits per heavy atom. The maximum absolute atomic E-state index is 12.8. The van der Waals surface area contributed by atoms with E-state index in [0.29, 0.717) is 5.52 Å². The molecular weight excluding hydrogens is 366 g/mol. The molecule has 1 aromatic carbocycles. The minimum Gasteiger partial charge on any atom is -0.353 e. The average molecular weight is 385 g/mol. The SMILES string of the molecule is CO[C@@H]1O[C@H](CS(=O)(=O)c2nc3ccccc3s2)C2OC(C)(C)OC21. The fourth-order valence-corrected chi connectivity index (χ4v) is 6.00. The van der Waals surface area contributed by atoms with E-state index in [-0.39, 0.29) is 10.1 Å². The van der Waals surface area contributed by atoms with Crippen LogP contribution < -0.4 is 0 Å². The molecule has 0 amide bonds. The molecule has 2 aromatic rings. The van der Waals surface area contributed by atoms with Crippen molar-refractivity contribution < 1.29 is 27.4 Å². The van der Waals surface area contributed by atoms with Gasteiger partial charge in [0.2, 0.25) is 14.2 Å². The number of thiazole rings is 1. The molecule has 7 nitrogen and oxygen atoms in total. The molecule has 2 aliphatic heterocycles. The Hall–Kier alpha value is -1.10. The minimum atomic E-state index is -3.62. The number of para-hydroxylation sites is 1. The van der Waals surface area contributed by atoms with Crippen LogP contribution in [-0.4, -0.2) is 56.7 Å². The van der Waals surface area contributed by atoms with Gasteiger partial charge in [-0.25, -0.2) is 13.4 Å². The topological polar surface area (TPSA) is 84.0 Å². The van der Waals surface area contributed by atoms with Gasteiger partial charge >= 0.3 is 0 Å². The summed E-state index contributed by atoms with van der Waals surface area (Å²) in [7, 11) is -2.12. The largest absolute Gasteiger partial charge is 0.353 e. The number of fused-ring (bicyclic) bond motifs is 2. The van der Waals surface area contributed by atoms with Crippen LogP contribution in [0.15, 0.2) is 28.6 Å². The highest BCUT2D eigenvalue weighted by Crippen LogP contribution is 2.40. The van der Waals surface area contributed by atoms with Crippen LogP contribution in [0.4, 0.5) is 0 Å². The predicted octanol–water partition coefficient (Wildman–Crippen LogP) is 1.96. The molecule has 4 atom stereocenters. The van der Waals surface area contributed by atoms with Crippen molar-refractivity contribution in [2.24, 2.45) is 0 Å². The van der Waals surface area contributed by atoms with Gasteiger partial charge in [-0.05, 0) is 26.0 Å². The molecule has 136 valence electrons. The van der Waals surface area contributed by atoms with Crippen molar-refractivity contribution in [3.63, 3.8) is 0 Å². The van der Waals surface area contributed by atoms with Crippen molar-refractivity contribution in [2.45, 2.75) is 48.6 Å². The smallest absolute Gasteiger partial charge is 0.210 e. The van der Waals surface area contributed by atoms with Gasteiger partial charge in [0.05, 0.1) is 16.0 Å². The highest BCUT2D eigenvalue weighted by atomic mass is 32.2. The molecule has 0 saturated carbocycles. The van der Waals surface area contributed by atoms with Gasteiger partial charge in [-0.15, -0.1) is 11.3 Å². The third-order valence-electron chi connectivity index (χ3n) is 4.26. The van der Waals surface area contributed by atoms with Crippen LogP contribution in [0.25, 0.3) is 10.2 Å². The summed E-state index contributed by atoms with van der Waals surface area (Å²) in [5.74, 6) is -1.03. The van der Waals surface area contributed by atoms with Crippen molar-refractivity contribution in [1.29, 1.82) is 0 Å². The van der Waals surface area contributed by atoms with Gasteiger partial charge in [-0.1, -0.05) is 12.1 Å². The van der Waals surface area contributed by atoms with E-state index in [9.17, 15) is 8.42 Å². The number of hydrogen-bond acceptors (Lipinski definition) is 8. The Morgan fingerprint density at radius 3 is 2.68 bits per heavy atom. The van der Waals surface area contributed by atoms with Gasteiger partial charge in [0.15, 0.2) is 12.1 Å². The Bertz CT molecular complexity index is 860. The maximum atomic E-state index is 12.8. The van der Waals surface area contributed by atoms with Gasteiger partial charge in [0, 0.05) is 7.11 Å². The number of ether oxygens (including phenoxy) is 4. The number of nitrogens with zero attached hydrogens (tertiary/aromatic N) is 1. The van der Waals surface area contributed by atoms with Crippen LogP contribution in [-0.2, 0) is 28.8 Å². The number of rotatable bonds is 4. The molecule has 0 radical (unpaired) electrons. The quantitative estimate of drug-likeness (QED) is 0.795. The van der Waals surface area contributed by atoms with E-state index in [1.54, 1.807) is 19.9 Å². The van der Waals surface area contributed by atoms with Crippen LogP contribution in [0.2, 0.25) is 0 Å². The molecule has 2 aliphatic rings. The second-order valence-electron chi connectivity index (χ2n) is 6.57. The Balaban J connectivity index is 1.60. The zero-order valence-electron chi connectivity index (χ0n) is 14.0. The van der Waals surface area contributed by atoms with Gasteiger partial charge in [-0.3, -0.25) is 0 Å². The second-order valence-corrected chi connectivity index (χ2v) is 9.81. The molecule has 0 aliphatic carbocycles. The Morgan fingerprint density at radius 1 is 1.24 bits per heavy atom. The lowest BCUT2D eigenvalue weighted by Crippen LogP contribution is -2.34. The number of sulfone groups is 1.